The van der Waals surface area contributed by atoms with E-state index >= 15 is 0 Å². The molecule has 1 aliphatic rings. The van der Waals surface area contributed by atoms with Crippen LogP contribution < -0.4 is 0 Å². The quantitative estimate of drug-likeness (QED) is 0.782. The second kappa shape index (κ2) is 4.35. The molecule has 2 aromatic rings. The Morgan fingerprint density at radius 2 is 2.42 bits per heavy atom. The smallest absolute Gasteiger partial charge is 0.340 e. The van der Waals surface area contributed by atoms with Gasteiger partial charge in [-0.3, -0.25) is 0 Å². The molecular formula is C13H11N3O3. The minimum Gasteiger partial charge on any atom is -0.447 e. The summed E-state index contributed by atoms with van der Waals surface area (Å²) in [6.45, 7) is 1.47. The molecule has 0 aliphatic heterocycles. The van der Waals surface area contributed by atoms with Crippen molar-refractivity contribution in [2.24, 2.45) is 0 Å². The number of pyridine rings is 1. The summed E-state index contributed by atoms with van der Waals surface area (Å²) in [4.78, 5) is 16.4. The monoisotopic (exact) mass is 257 g/mol. The van der Waals surface area contributed by atoms with Crippen molar-refractivity contribution in [3.8, 4) is 6.07 Å². The van der Waals surface area contributed by atoms with Crippen LogP contribution in [0.1, 0.15) is 40.5 Å². The van der Waals surface area contributed by atoms with Crippen LogP contribution in [0.25, 0.3) is 11.1 Å². The number of aromatic nitrogens is 2. The summed E-state index contributed by atoms with van der Waals surface area (Å²) in [7, 11) is 0. The van der Waals surface area contributed by atoms with Crippen molar-refractivity contribution < 1.29 is 14.1 Å². The average Bonchev–Trinajstić information content (AvgIpc) is 3.20. The molecule has 6 heteroatoms. The third-order valence-electron chi connectivity index (χ3n) is 3.12. The highest BCUT2D eigenvalue weighted by Gasteiger charge is 2.28. The fraction of sp³-hybridized carbons (Fsp3) is 0.385. The Kier molecular flexibility index (Phi) is 2.67. The number of carbonyl (C=O) groups excluding carboxylic acids is 1. The van der Waals surface area contributed by atoms with E-state index in [1.54, 1.807) is 19.1 Å². The van der Waals surface area contributed by atoms with Gasteiger partial charge in [0.2, 0.25) is 0 Å². The number of esters is 1. The highest BCUT2D eigenvalue weighted by molar-refractivity contribution is 6.03. The van der Waals surface area contributed by atoms with Gasteiger partial charge in [-0.15, -0.1) is 0 Å². The van der Waals surface area contributed by atoms with E-state index in [1.807, 2.05) is 0 Å². The van der Waals surface area contributed by atoms with Gasteiger partial charge in [-0.05, 0) is 25.8 Å². The van der Waals surface area contributed by atoms with E-state index in [2.05, 4.69) is 10.1 Å². The lowest BCUT2D eigenvalue weighted by atomic mass is 10.1. The third kappa shape index (κ3) is 2.03. The van der Waals surface area contributed by atoms with Crippen molar-refractivity contribution in [2.75, 3.05) is 6.61 Å². The zero-order valence-electron chi connectivity index (χ0n) is 10.3. The molecule has 0 bridgehead atoms. The van der Waals surface area contributed by atoms with Crippen LogP contribution in [0.5, 0.6) is 0 Å². The lowest BCUT2D eigenvalue weighted by Crippen LogP contribution is -2.07. The number of carbonyl (C=O) groups is 1. The predicted molar refractivity (Wildman–Crippen MR) is 64.4 cm³/mol. The molecule has 19 heavy (non-hydrogen) atoms. The molecule has 1 saturated carbocycles. The minimum atomic E-state index is -0.540. The van der Waals surface area contributed by atoms with Crippen LogP contribution in [0.2, 0.25) is 0 Å². The standard InChI is InChI=1S/C13H11N3O3/c1-7-11-9(13(17)18-5-4-14)6-10(8-2-3-8)15-12(11)19-16-7/h6,8H,2-3,5H2,1H3. The first-order valence-electron chi connectivity index (χ1n) is 6.01. The highest BCUT2D eigenvalue weighted by Crippen LogP contribution is 2.40. The number of hydrogen-bond donors (Lipinski definition) is 0. The van der Waals surface area contributed by atoms with Crippen LogP contribution in [0.4, 0.5) is 0 Å². The fourth-order valence-electron chi connectivity index (χ4n) is 2.04. The normalized spacial score (nSPS) is 14.3. The largest absolute Gasteiger partial charge is 0.447 e. The van der Waals surface area contributed by atoms with Crippen LogP contribution in [-0.2, 0) is 4.74 Å². The first-order valence-corrected chi connectivity index (χ1v) is 6.01. The first-order chi connectivity index (χ1) is 9.20. The van der Waals surface area contributed by atoms with E-state index in [0.29, 0.717) is 28.3 Å². The van der Waals surface area contributed by atoms with E-state index in [0.717, 1.165) is 18.5 Å². The second-order valence-corrected chi connectivity index (χ2v) is 4.55. The van der Waals surface area contributed by atoms with Crippen molar-refractivity contribution in [3.05, 3.63) is 23.0 Å². The maximum absolute atomic E-state index is 12.0. The van der Waals surface area contributed by atoms with Crippen LogP contribution >= 0.6 is 0 Å². The van der Waals surface area contributed by atoms with E-state index in [-0.39, 0.29) is 6.61 Å². The van der Waals surface area contributed by atoms with E-state index < -0.39 is 5.97 Å². The third-order valence-corrected chi connectivity index (χ3v) is 3.12. The SMILES string of the molecule is Cc1noc2nc(C3CC3)cc(C(=O)OCC#N)c12. The van der Waals surface area contributed by atoms with Gasteiger partial charge in [-0.1, -0.05) is 5.16 Å². The Bertz CT molecular complexity index is 695. The fourth-order valence-corrected chi connectivity index (χ4v) is 2.04. The Morgan fingerprint density at radius 1 is 1.63 bits per heavy atom. The molecule has 0 unspecified atom stereocenters. The van der Waals surface area contributed by atoms with Gasteiger partial charge in [-0.2, -0.15) is 5.26 Å². The van der Waals surface area contributed by atoms with Crippen molar-refractivity contribution in [1.82, 2.24) is 10.1 Å². The number of rotatable bonds is 3. The van der Waals surface area contributed by atoms with Crippen molar-refractivity contribution in [3.63, 3.8) is 0 Å². The molecule has 0 spiro atoms. The molecule has 0 N–H and O–H groups in total. The number of nitriles is 1. The topological polar surface area (TPSA) is 89.0 Å². The molecule has 0 saturated heterocycles. The molecule has 0 atom stereocenters. The zero-order valence-corrected chi connectivity index (χ0v) is 10.3. The molecule has 3 rings (SSSR count). The molecule has 96 valence electrons. The van der Waals surface area contributed by atoms with E-state index in [1.165, 1.54) is 0 Å². The number of hydrogen-bond acceptors (Lipinski definition) is 6. The molecule has 0 radical (unpaired) electrons. The van der Waals surface area contributed by atoms with Crippen molar-refractivity contribution in [1.29, 1.82) is 5.26 Å². The Balaban J connectivity index is 2.11. The molecule has 0 amide bonds. The molecular weight excluding hydrogens is 246 g/mol. The van der Waals surface area contributed by atoms with E-state index in [9.17, 15) is 4.79 Å². The van der Waals surface area contributed by atoms with Gasteiger partial charge in [0.15, 0.2) is 6.61 Å². The maximum Gasteiger partial charge on any atom is 0.340 e. The lowest BCUT2D eigenvalue weighted by Gasteiger charge is -2.04. The predicted octanol–water partition coefficient (Wildman–Crippen LogP) is 2.09. The average molecular weight is 257 g/mol. The summed E-state index contributed by atoms with van der Waals surface area (Å²) in [5, 5.41) is 12.9. The van der Waals surface area contributed by atoms with Crippen LogP contribution in [-0.4, -0.2) is 22.7 Å². The Labute approximate surface area is 109 Å². The summed E-state index contributed by atoms with van der Waals surface area (Å²) in [5.41, 5.74) is 2.15. The van der Waals surface area contributed by atoms with Gasteiger partial charge < -0.3 is 9.26 Å². The number of fused-ring (bicyclic) bond motifs is 1. The van der Waals surface area contributed by atoms with Crippen LogP contribution in [0.15, 0.2) is 10.6 Å². The van der Waals surface area contributed by atoms with E-state index in [4.69, 9.17) is 14.5 Å². The first kappa shape index (κ1) is 11.7. The summed E-state index contributed by atoms with van der Waals surface area (Å²) in [5.74, 6) is -0.153. The summed E-state index contributed by atoms with van der Waals surface area (Å²) in [6.07, 6.45) is 2.14. The molecule has 1 fully saturated rings. The number of aryl methyl sites for hydroxylation is 1. The van der Waals surface area contributed by atoms with Gasteiger partial charge in [-0.25, -0.2) is 9.78 Å². The minimum absolute atomic E-state index is 0.272. The number of nitrogens with zero attached hydrogens (tertiary/aromatic N) is 3. The lowest BCUT2D eigenvalue weighted by molar-refractivity contribution is 0.0557. The van der Waals surface area contributed by atoms with Gasteiger partial charge >= 0.3 is 5.97 Å². The van der Waals surface area contributed by atoms with Gasteiger partial charge in [0.25, 0.3) is 5.71 Å². The molecule has 6 nitrogen and oxygen atoms in total. The molecule has 1 aliphatic carbocycles. The maximum atomic E-state index is 12.0. The van der Waals surface area contributed by atoms with Crippen LogP contribution in [0, 0.1) is 18.3 Å². The highest BCUT2D eigenvalue weighted by atomic mass is 16.5. The Hall–Kier alpha value is -2.42. The van der Waals surface area contributed by atoms with Gasteiger partial charge in [0, 0.05) is 11.6 Å². The molecule has 0 aromatic carbocycles. The summed E-state index contributed by atoms with van der Waals surface area (Å²) < 4.78 is 10.00. The summed E-state index contributed by atoms with van der Waals surface area (Å²) in [6, 6.07) is 3.50. The number of ether oxygens (including phenoxy) is 1. The van der Waals surface area contributed by atoms with Gasteiger partial charge in [0.1, 0.15) is 6.07 Å². The van der Waals surface area contributed by atoms with Crippen molar-refractivity contribution in [2.45, 2.75) is 25.7 Å². The van der Waals surface area contributed by atoms with Crippen LogP contribution in [0.3, 0.4) is 0 Å². The second-order valence-electron chi connectivity index (χ2n) is 4.55. The van der Waals surface area contributed by atoms with Gasteiger partial charge in [0.05, 0.1) is 16.6 Å². The summed E-state index contributed by atoms with van der Waals surface area (Å²) >= 11 is 0. The molecule has 2 aromatic heterocycles. The zero-order chi connectivity index (χ0) is 13.4. The van der Waals surface area contributed by atoms with Crippen molar-refractivity contribution >= 4 is 17.1 Å². The molecule has 2 heterocycles. The Morgan fingerprint density at radius 3 is 3.11 bits per heavy atom.